The highest BCUT2D eigenvalue weighted by Crippen LogP contribution is 2.25. The van der Waals surface area contributed by atoms with Crippen LogP contribution in [-0.4, -0.2) is 57.8 Å². The maximum Gasteiger partial charge on any atom is 0.272 e. The molecule has 1 aromatic heterocycles. The Balaban J connectivity index is 1.74. The summed E-state index contributed by atoms with van der Waals surface area (Å²) in [6.45, 7) is 1.48. The van der Waals surface area contributed by atoms with Gasteiger partial charge >= 0.3 is 0 Å². The lowest BCUT2D eigenvalue weighted by Gasteiger charge is -2.30. The molecule has 0 saturated carbocycles. The van der Waals surface area contributed by atoms with Crippen LogP contribution < -0.4 is 5.73 Å². The third kappa shape index (κ3) is 2.93. The van der Waals surface area contributed by atoms with Gasteiger partial charge in [-0.1, -0.05) is 0 Å². The number of H-pyrrole nitrogens is 1. The van der Waals surface area contributed by atoms with Crippen molar-refractivity contribution in [2.75, 3.05) is 30.4 Å². The molecule has 110 valence electrons. The molecular weight excluding hydrogens is 276 g/mol. The molecule has 0 aromatic carbocycles. The van der Waals surface area contributed by atoms with E-state index in [-0.39, 0.29) is 12.0 Å². The van der Waals surface area contributed by atoms with Crippen molar-refractivity contribution in [2.45, 2.75) is 31.4 Å². The molecule has 2 aliphatic heterocycles. The number of thioether (sulfide) groups is 1. The number of carbonyl (C=O) groups is 1. The number of ether oxygens (including phenoxy) is 1. The molecule has 2 aliphatic rings. The van der Waals surface area contributed by atoms with Gasteiger partial charge in [-0.2, -0.15) is 16.9 Å². The first-order chi connectivity index (χ1) is 9.74. The number of nitrogens with two attached hydrogens (primary N) is 1. The molecule has 0 radical (unpaired) electrons. The molecule has 6 nitrogen and oxygen atoms in total. The zero-order valence-corrected chi connectivity index (χ0v) is 12.2. The molecule has 0 spiro atoms. The molecular formula is C13H20N4O2S. The van der Waals surface area contributed by atoms with Crippen molar-refractivity contribution in [1.29, 1.82) is 0 Å². The minimum atomic E-state index is -0.0165. The van der Waals surface area contributed by atoms with Crippen LogP contribution in [0.5, 0.6) is 0 Å². The summed E-state index contributed by atoms with van der Waals surface area (Å²) in [5.41, 5.74) is 6.06. The number of nitrogens with one attached hydrogen (secondary N) is 1. The number of carbonyl (C=O) groups excluding carboxylic acids is 1. The van der Waals surface area contributed by atoms with Crippen molar-refractivity contribution in [1.82, 2.24) is 15.1 Å². The molecule has 2 atom stereocenters. The average molecular weight is 296 g/mol. The Kier molecular flexibility index (Phi) is 4.16. The Morgan fingerprint density at radius 3 is 3.10 bits per heavy atom. The molecule has 20 heavy (non-hydrogen) atoms. The van der Waals surface area contributed by atoms with E-state index in [2.05, 4.69) is 10.2 Å². The summed E-state index contributed by atoms with van der Waals surface area (Å²) in [4.78, 5) is 14.6. The Labute approximate surface area is 122 Å². The van der Waals surface area contributed by atoms with Gasteiger partial charge in [0.2, 0.25) is 0 Å². The van der Waals surface area contributed by atoms with E-state index in [1.54, 1.807) is 6.07 Å². The zero-order valence-electron chi connectivity index (χ0n) is 11.4. The SMILES string of the molecule is Nc1cc(C(=O)N(CC2CCCO2)C2CCSC2)[nH]n1. The van der Waals surface area contributed by atoms with Gasteiger partial charge in [0.05, 0.1) is 6.10 Å². The van der Waals surface area contributed by atoms with E-state index in [0.29, 0.717) is 24.1 Å². The number of nitrogens with zero attached hydrogens (tertiary/aromatic N) is 2. The monoisotopic (exact) mass is 296 g/mol. The largest absolute Gasteiger partial charge is 0.382 e. The van der Waals surface area contributed by atoms with E-state index in [4.69, 9.17) is 10.5 Å². The Morgan fingerprint density at radius 2 is 2.50 bits per heavy atom. The maximum atomic E-state index is 12.7. The first-order valence-corrected chi connectivity index (χ1v) is 8.20. The summed E-state index contributed by atoms with van der Waals surface area (Å²) in [7, 11) is 0. The minimum Gasteiger partial charge on any atom is -0.382 e. The van der Waals surface area contributed by atoms with Crippen molar-refractivity contribution < 1.29 is 9.53 Å². The van der Waals surface area contributed by atoms with Crippen molar-refractivity contribution in [3.8, 4) is 0 Å². The van der Waals surface area contributed by atoms with Gasteiger partial charge in [-0.05, 0) is 25.0 Å². The first kappa shape index (κ1) is 13.8. The predicted octanol–water partition coefficient (Wildman–Crippen LogP) is 1.12. The first-order valence-electron chi connectivity index (χ1n) is 7.05. The lowest BCUT2D eigenvalue weighted by Crippen LogP contribution is -2.44. The van der Waals surface area contributed by atoms with Crippen molar-refractivity contribution >= 4 is 23.5 Å². The Morgan fingerprint density at radius 1 is 1.60 bits per heavy atom. The molecule has 3 N–H and O–H groups in total. The van der Waals surface area contributed by atoms with Crippen molar-refractivity contribution in [3.05, 3.63) is 11.8 Å². The number of aromatic amines is 1. The van der Waals surface area contributed by atoms with E-state index < -0.39 is 0 Å². The Hall–Kier alpha value is -1.21. The number of hydrogen-bond donors (Lipinski definition) is 2. The highest BCUT2D eigenvalue weighted by molar-refractivity contribution is 7.99. The number of amides is 1. The van der Waals surface area contributed by atoms with Crippen LogP contribution in [0.2, 0.25) is 0 Å². The van der Waals surface area contributed by atoms with Crippen LogP contribution in [0, 0.1) is 0 Å². The van der Waals surface area contributed by atoms with Gasteiger partial charge in [0, 0.05) is 31.0 Å². The normalized spacial score (nSPS) is 26.0. The van der Waals surface area contributed by atoms with E-state index >= 15 is 0 Å². The van der Waals surface area contributed by atoms with Crippen LogP contribution in [0.15, 0.2) is 6.07 Å². The fraction of sp³-hybridized carbons (Fsp3) is 0.692. The second kappa shape index (κ2) is 6.05. The maximum absolute atomic E-state index is 12.7. The molecule has 3 rings (SSSR count). The lowest BCUT2D eigenvalue weighted by atomic mass is 10.1. The third-order valence-corrected chi connectivity index (χ3v) is 5.00. The van der Waals surface area contributed by atoms with Gasteiger partial charge in [-0.25, -0.2) is 0 Å². The lowest BCUT2D eigenvalue weighted by molar-refractivity contribution is 0.0437. The quantitative estimate of drug-likeness (QED) is 0.870. The molecule has 2 saturated heterocycles. The fourth-order valence-corrected chi connectivity index (χ4v) is 4.00. The minimum absolute atomic E-state index is 0.0165. The number of nitrogen functional groups attached to an aromatic ring is 1. The van der Waals surface area contributed by atoms with Crippen LogP contribution in [0.3, 0.4) is 0 Å². The summed E-state index contributed by atoms with van der Waals surface area (Å²) in [5.74, 6) is 2.45. The predicted molar refractivity (Wildman–Crippen MR) is 78.7 cm³/mol. The second-order valence-electron chi connectivity index (χ2n) is 5.32. The molecule has 3 heterocycles. The highest BCUT2D eigenvalue weighted by Gasteiger charge is 2.31. The fourth-order valence-electron chi connectivity index (χ4n) is 2.77. The summed E-state index contributed by atoms with van der Waals surface area (Å²) < 4.78 is 5.68. The summed E-state index contributed by atoms with van der Waals surface area (Å²) >= 11 is 1.90. The molecule has 0 aliphatic carbocycles. The highest BCUT2D eigenvalue weighted by atomic mass is 32.2. The molecule has 1 amide bonds. The van der Waals surface area contributed by atoms with Crippen LogP contribution in [0.1, 0.15) is 29.8 Å². The van der Waals surface area contributed by atoms with Crippen LogP contribution in [-0.2, 0) is 4.74 Å². The van der Waals surface area contributed by atoms with E-state index in [0.717, 1.165) is 37.4 Å². The molecule has 1 aromatic rings. The Bertz CT molecular complexity index is 467. The molecule has 2 fully saturated rings. The number of aromatic nitrogens is 2. The van der Waals surface area contributed by atoms with Crippen LogP contribution >= 0.6 is 11.8 Å². The smallest absolute Gasteiger partial charge is 0.272 e. The molecule has 0 bridgehead atoms. The van der Waals surface area contributed by atoms with Gasteiger partial charge in [-0.3, -0.25) is 9.89 Å². The number of hydrogen-bond acceptors (Lipinski definition) is 5. The zero-order chi connectivity index (χ0) is 13.9. The molecule has 7 heteroatoms. The number of rotatable bonds is 4. The standard InChI is InChI=1S/C13H20N4O2S/c14-12-6-11(15-16-12)13(18)17(9-3-5-20-8-9)7-10-2-1-4-19-10/h6,9-10H,1-5,7-8H2,(H3,14,15,16). The van der Waals surface area contributed by atoms with Crippen molar-refractivity contribution in [3.63, 3.8) is 0 Å². The summed E-state index contributed by atoms with van der Waals surface area (Å²) in [5, 5.41) is 6.57. The van der Waals surface area contributed by atoms with Crippen LogP contribution in [0.4, 0.5) is 5.82 Å². The summed E-state index contributed by atoms with van der Waals surface area (Å²) in [6.07, 6.45) is 3.34. The number of anilines is 1. The van der Waals surface area contributed by atoms with Gasteiger partial charge in [0.25, 0.3) is 5.91 Å². The van der Waals surface area contributed by atoms with Gasteiger partial charge < -0.3 is 15.4 Å². The average Bonchev–Trinajstić information content (AvgIpc) is 3.17. The van der Waals surface area contributed by atoms with E-state index in [1.807, 2.05) is 16.7 Å². The molecule has 2 unspecified atom stereocenters. The van der Waals surface area contributed by atoms with Crippen molar-refractivity contribution in [2.24, 2.45) is 0 Å². The van der Waals surface area contributed by atoms with Gasteiger partial charge in [-0.15, -0.1) is 0 Å². The summed E-state index contributed by atoms with van der Waals surface area (Å²) in [6, 6.07) is 1.90. The topological polar surface area (TPSA) is 84.2 Å². The van der Waals surface area contributed by atoms with Gasteiger partial charge in [0.15, 0.2) is 0 Å². The van der Waals surface area contributed by atoms with E-state index in [1.165, 1.54) is 0 Å². The van der Waals surface area contributed by atoms with Crippen LogP contribution in [0.25, 0.3) is 0 Å². The second-order valence-corrected chi connectivity index (χ2v) is 6.47. The van der Waals surface area contributed by atoms with E-state index in [9.17, 15) is 4.79 Å². The third-order valence-electron chi connectivity index (χ3n) is 3.86. The van der Waals surface area contributed by atoms with Gasteiger partial charge in [0.1, 0.15) is 11.5 Å².